The Hall–Kier alpha value is -4.84. The maximum Gasteiger partial charge on any atom is 0.261 e. The first-order valence-electron chi connectivity index (χ1n) is 42.7. The summed E-state index contributed by atoms with van der Waals surface area (Å²) in [6.07, 6.45) is 66.4. The van der Waals surface area contributed by atoms with E-state index in [4.69, 9.17) is 0 Å². The maximum absolute atomic E-state index is 15.9. The number of rotatable bonds is 58. The van der Waals surface area contributed by atoms with Crippen molar-refractivity contribution in [2.75, 3.05) is 0 Å². The highest BCUT2D eigenvalue weighted by atomic mass is 16.2. The Kier molecular flexibility index (Phi) is 33.1. The monoisotopic (exact) mass is 1340 g/mol. The second-order valence-electron chi connectivity index (χ2n) is 32.0. The van der Waals surface area contributed by atoms with Crippen LogP contribution in [0.15, 0.2) is 55.6 Å². The Balaban J connectivity index is 1.16. The normalized spacial score (nSPS) is 13.1. The lowest BCUT2D eigenvalue weighted by Gasteiger charge is -2.26. The molecule has 0 fully saturated rings. The number of hydrogen-bond acceptors (Lipinski definition) is 4. The van der Waals surface area contributed by atoms with Crippen LogP contribution in [0.25, 0.3) is 86.2 Å². The molecule has 9 rings (SSSR count). The summed E-state index contributed by atoms with van der Waals surface area (Å²) in [5.41, 5.74) is 1.93. The molecule has 0 aliphatic carbocycles. The largest absolute Gasteiger partial charge is 0.274 e. The van der Waals surface area contributed by atoms with Crippen molar-refractivity contribution in [2.45, 2.75) is 401 Å². The smallest absolute Gasteiger partial charge is 0.261 e. The average molecular weight is 1340 g/mol. The Labute approximate surface area is 594 Å². The van der Waals surface area contributed by atoms with Gasteiger partial charge in [0.25, 0.3) is 22.2 Å². The third kappa shape index (κ3) is 20.3. The van der Waals surface area contributed by atoms with Crippen LogP contribution >= 0.6 is 0 Å². The van der Waals surface area contributed by atoms with Crippen molar-refractivity contribution in [3.05, 3.63) is 88.9 Å². The van der Waals surface area contributed by atoms with Crippen molar-refractivity contribution in [1.82, 2.24) is 9.13 Å². The van der Waals surface area contributed by atoms with Gasteiger partial charge in [0.15, 0.2) is 0 Å². The number of aryl methyl sites for hydroxylation is 2. The van der Waals surface area contributed by atoms with Crippen LogP contribution in [0.4, 0.5) is 0 Å². The molecule has 0 spiro atoms. The topological polar surface area (TPSA) is 78.1 Å². The second-order valence-corrected chi connectivity index (χ2v) is 32.0. The zero-order chi connectivity index (χ0) is 68.9. The zero-order valence-corrected chi connectivity index (χ0v) is 63.7. The molecular formula is C92H138N2O4. The van der Waals surface area contributed by atoms with Gasteiger partial charge in [0.05, 0.1) is 0 Å². The lowest BCUT2D eigenvalue weighted by Crippen LogP contribution is -2.36. The molecule has 2 heterocycles. The lowest BCUT2D eigenvalue weighted by molar-refractivity contribution is 0.350. The predicted octanol–water partition coefficient (Wildman–Crippen LogP) is 27.9. The average Bonchev–Trinajstić information content (AvgIpc) is 0.663. The number of pyridine rings is 2. The van der Waals surface area contributed by atoms with Gasteiger partial charge in [0.2, 0.25) is 0 Å². The Morgan fingerprint density at radius 2 is 0.449 bits per heavy atom. The Morgan fingerprint density at radius 1 is 0.224 bits per heavy atom. The van der Waals surface area contributed by atoms with Gasteiger partial charge in [0.1, 0.15) is 0 Å². The van der Waals surface area contributed by atoms with Crippen molar-refractivity contribution >= 4 is 86.2 Å². The summed E-state index contributed by atoms with van der Waals surface area (Å²) in [5.74, 6) is 0.525. The number of unbranched alkanes of at least 4 members (excludes halogenated alkanes) is 42. The van der Waals surface area contributed by atoms with E-state index in [2.05, 4.69) is 77.9 Å². The second kappa shape index (κ2) is 41.9. The summed E-state index contributed by atoms with van der Waals surface area (Å²) in [5, 5.41) is 15.1. The molecule has 2 atom stereocenters. The summed E-state index contributed by atoms with van der Waals surface area (Å²) in [6.45, 7) is 14.7. The van der Waals surface area contributed by atoms with Crippen LogP contribution in [0.2, 0.25) is 0 Å². The lowest BCUT2D eigenvalue weighted by atomic mass is 9.77. The molecule has 6 nitrogen and oxygen atoms in total. The van der Waals surface area contributed by atoms with Crippen LogP contribution in [-0.4, -0.2) is 9.13 Å². The van der Waals surface area contributed by atoms with Crippen LogP contribution < -0.4 is 22.2 Å². The molecule has 9 aromatic rings. The number of nitrogens with zero attached hydrogens (tertiary/aromatic N) is 2. The molecule has 0 saturated carbocycles. The van der Waals surface area contributed by atoms with Crippen molar-refractivity contribution in [3.8, 4) is 0 Å². The van der Waals surface area contributed by atoms with E-state index in [0.717, 1.165) is 155 Å². The molecule has 0 aliphatic heterocycles. The fourth-order valence-electron chi connectivity index (χ4n) is 18.2. The van der Waals surface area contributed by atoms with Gasteiger partial charge in [-0.25, -0.2) is 0 Å². The summed E-state index contributed by atoms with van der Waals surface area (Å²) in [4.78, 5) is 63.6. The molecule has 6 heteroatoms. The van der Waals surface area contributed by atoms with Gasteiger partial charge in [-0.2, -0.15) is 0 Å². The van der Waals surface area contributed by atoms with Gasteiger partial charge in [0, 0.05) is 56.2 Å². The summed E-state index contributed by atoms with van der Waals surface area (Å²) < 4.78 is 3.43. The van der Waals surface area contributed by atoms with Crippen LogP contribution in [0, 0.1) is 11.8 Å². The summed E-state index contributed by atoms with van der Waals surface area (Å²) in [7, 11) is 0. The van der Waals surface area contributed by atoms with Crippen LogP contribution in [-0.2, 0) is 25.9 Å². The first-order chi connectivity index (χ1) is 48.2. The minimum absolute atomic E-state index is 0.129. The number of aromatic nitrogens is 2. The van der Waals surface area contributed by atoms with Gasteiger partial charge < -0.3 is 0 Å². The first-order valence-corrected chi connectivity index (χ1v) is 42.7. The highest BCUT2D eigenvalue weighted by Crippen LogP contribution is 2.53. The van der Waals surface area contributed by atoms with Gasteiger partial charge in [-0.15, -0.1) is 0 Å². The highest BCUT2D eigenvalue weighted by molar-refractivity contribution is 6.50. The highest BCUT2D eigenvalue weighted by Gasteiger charge is 2.31. The van der Waals surface area contributed by atoms with Crippen molar-refractivity contribution in [1.29, 1.82) is 0 Å². The maximum atomic E-state index is 15.9. The summed E-state index contributed by atoms with van der Waals surface area (Å²) >= 11 is 0. The standard InChI is InChI=1S/C92H138N2O4/c1-7-13-19-25-31-35-37-41-45-51-57-69(55-49-43-39-33-27-21-15-9-3)67-93-89(95)77-63-73-61-72(60-54-48-30-24-18-12-6)76-66-80-84-78(90(96)94(92(80)98)68-70(56-50-44-40-34-28-22-16-10-4)58-52-46-42-38-36-32-26-20-14-8-2)64-74-62-71(59-53-47-29-23-17-11-5)75-65-79(91(93)97)83(77)87-81(73)86(76)88(84)82(74)85(75)87/h61-66,69-70H,7-60,67-68H2,1-6H3. The molecule has 2 unspecified atom stereocenters. The molecule has 2 aromatic heterocycles. The molecule has 0 aliphatic rings. The SMILES string of the molecule is CCCCCCCCCCCCC(CCCCCCCCCC)Cn1c(=O)c2cc3cc(CCCCCCCC)c4cc5c(=O)n(CC(CCCCCCCCCC)CCCCCCCCCCCC)c(=O)c6cc7cc(CCCCCCCC)c8cc(c1=O)c2c1c3c4c(c65)c7c81. The molecule has 98 heavy (non-hydrogen) atoms. The van der Waals surface area contributed by atoms with Gasteiger partial charge in [-0.1, -0.05) is 349 Å². The minimum Gasteiger partial charge on any atom is -0.274 e. The van der Waals surface area contributed by atoms with Crippen LogP contribution in [0.5, 0.6) is 0 Å². The molecule has 0 radical (unpaired) electrons. The third-order valence-corrected chi connectivity index (χ3v) is 24.0. The quantitative estimate of drug-likeness (QED) is 0.0216. The first kappa shape index (κ1) is 77.3. The van der Waals surface area contributed by atoms with E-state index < -0.39 is 0 Å². The van der Waals surface area contributed by atoms with E-state index in [1.807, 2.05) is 0 Å². The van der Waals surface area contributed by atoms with Crippen LogP contribution in [0.3, 0.4) is 0 Å². The van der Waals surface area contributed by atoms with E-state index in [1.165, 1.54) is 268 Å². The fraction of sp³-hybridized carbons (Fsp3) is 0.696. The van der Waals surface area contributed by atoms with E-state index in [1.54, 1.807) is 9.13 Å². The van der Waals surface area contributed by atoms with E-state index in [0.29, 0.717) is 34.6 Å². The number of hydrogen-bond donors (Lipinski definition) is 0. The van der Waals surface area contributed by atoms with E-state index in [9.17, 15) is 0 Å². The molecule has 7 aromatic carbocycles. The fourth-order valence-corrected chi connectivity index (χ4v) is 18.2. The number of benzene rings is 7. The summed E-state index contributed by atoms with van der Waals surface area (Å²) in [6, 6.07) is 13.6. The van der Waals surface area contributed by atoms with E-state index in [-0.39, 0.29) is 34.1 Å². The van der Waals surface area contributed by atoms with Crippen molar-refractivity contribution in [2.24, 2.45) is 11.8 Å². The Bertz CT molecular complexity index is 3690. The van der Waals surface area contributed by atoms with Crippen LogP contribution in [0.1, 0.15) is 387 Å². The molecule has 0 bridgehead atoms. The van der Waals surface area contributed by atoms with Gasteiger partial charge in [-0.3, -0.25) is 28.3 Å². The molecule has 0 N–H and O–H groups in total. The third-order valence-electron chi connectivity index (χ3n) is 24.0. The Morgan fingerprint density at radius 3 is 0.704 bits per heavy atom. The predicted molar refractivity (Wildman–Crippen MR) is 432 cm³/mol. The van der Waals surface area contributed by atoms with Gasteiger partial charge >= 0.3 is 0 Å². The zero-order valence-electron chi connectivity index (χ0n) is 63.7. The minimum atomic E-state index is -0.133. The van der Waals surface area contributed by atoms with Crippen molar-refractivity contribution in [3.63, 3.8) is 0 Å². The molecule has 540 valence electrons. The molecule has 0 saturated heterocycles. The molecule has 0 amide bonds. The molecular weight excluding hydrogens is 1200 g/mol. The van der Waals surface area contributed by atoms with Crippen molar-refractivity contribution < 1.29 is 0 Å². The van der Waals surface area contributed by atoms with E-state index >= 15 is 19.2 Å². The van der Waals surface area contributed by atoms with Gasteiger partial charge in [-0.05, 0) is 142 Å².